The van der Waals surface area contributed by atoms with Gasteiger partial charge in [-0.05, 0) is 95.1 Å². The van der Waals surface area contributed by atoms with Gasteiger partial charge in [0.15, 0.2) is 0 Å². The first kappa shape index (κ1) is 31.8. The van der Waals surface area contributed by atoms with Gasteiger partial charge in [0.2, 0.25) is 0 Å². The summed E-state index contributed by atoms with van der Waals surface area (Å²) in [6.45, 7) is 0. The third-order valence-corrected chi connectivity index (χ3v) is 13.3. The molecule has 9 aromatic carbocycles. The maximum Gasteiger partial charge on any atom is 0.135 e. The van der Waals surface area contributed by atoms with E-state index in [1.54, 1.807) is 0 Å². The highest BCUT2D eigenvalue weighted by Crippen LogP contribution is 2.43. The van der Waals surface area contributed by atoms with Crippen LogP contribution in [0.4, 0.5) is 0 Å². The smallest absolute Gasteiger partial charge is 0.135 e. The summed E-state index contributed by atoms with van der Waals surface area (Å²) in [6.07, 6.45) is 0. The molecule has 0 spiro atoms. The van der Waals surface area contributed by atoms with Gasteiger partial charge in [-0.2, -0.15) is 0 Å². The van der Waals surface area contributed by atoms with Gasteiger partial charge in [-0.15, -0.1) is 11.3 Å². The monoisotopic (exact) mass is 756 g/mol. The summed E-state index contributed by atoms with van der Waals surface area (Å²) in [6, 6.07) is 70.9. The van der Waals surface area contributed by atoms with Crippen molar-refractivity contribution in [2.75, 3.05) is 0 Å². The standard InChI is InChI=1S/C54H32N2OS/c1-5-13-47-39(9-1)43-27-28-44-40-10-2-6-14-48(40)56(38-25-19-34(20-26-38)36-22-30-52-46(32-36)42-12-4-8-16-51(42)58-52)54(44)53(43)55(47)37-23-17-33(18-24-37)35-21-29-50-45(31-35)41-11-3-7-15-49(41)57-50/h1-32H. The van der Waals surface area contributed by atoms with Gasteiger partial charge >= 0.3 is 0 Å². The summed E-state index contributed by atoms with van der Waals surface area (Å²) in [5.74, 6) is 0. The third-order valence-electron chi connectivity index (χ3n) is 12.1. The Morgan fingerprint density at radius 3 is 1.41 bits per heavy atom. The van der Waals surface area contributed by atoms with Crippen molar-refractivity contribution in [3.05, 3.63) is 194 Å². The van der Waals surface area contributed by atoms with Crippen LogP contribution in [0.5, 0.6) is 0 Å². The average Bonchev–Trinajstić information content (AvgIpc) is 4.04. The molecule has 13 rings (SSSR count). The number of benzene rings is 9. The zero-order valence-corrected chi connectivity index (χ0v) is 32.0. The fraction of sp³-hybridized carbons (Fsp3) is 0. The van der Waals surface area contributed by atoms with E-state index in [1.165, 1.54) is 86.0 Å². The van der Waals surface area contributed by atoms with Crippen LogP contribution in [0.3, 0.4) is 0 Å². The lowest BCUT2D eigenvalue weighted by atomic mass is 10.0. The van der Waals surface area contributed by atoms with E-state index in [2.05, 4.69) is 191 Å². The predicted molar refractivity (Wildman–Crippen MR) is 246 cm³/mol. The van der Waals surface area contributed by atoms with Crippen LogP contribution >= 0.6 is 11.3 Å². The Balaban J connectivity index is 0.995. The fourth-order valence-electron chi connectivity index (χ4n) is 9.45. The van der Waals surface area contributed by atoms with Crippen LogP contribution in [0.15, 0.2) is 199 Å². The van der Waals surface area contributed by atoms with Crippen molar-refractivity contribution < 1.29 is 4.42 Å². The van der Waals surface area contributed by atoms with Gasteiger partial charge in [0.25, 0.3) is 0 Å². The van der Waals surface area contributed by atoms with Crippen LogP contribution in [-0.4, -0.2) is 9.13 Å². The van der Waals surface area contributed by atoms with Gasteiger partial charge < -0.3 is 13.6 Å². The molecule has 0 aliphatic heterocycles. The summed E-state index contributed by atoms with van der Waals surface area (Å²) in [4.78, 5) is 0. The Bertz CT molecular complexity index is 3530. The molecule has 4 heteroatoms. The normalized spacial score (nSPS) is 12.1. The fourth-order valence-corrected chi connectivity index (χ4v) is 10.5. The van der Waals surface area contributed by atoms with E-state index in [-0.39, 0.29) is 0 Å². The summed E-state index contributed by atoms with van der Waals surface area (Å²) in [5, 5.41) is 9.88. The molecule has 0 aliphatic carbocycles. The van der Waals surface area contributed by atoms with Crippen LogP contribution in [0.1, 0.15) is 0 Å². The largest absolute Gasteiger partial charge is 0.456 e. The van der Waals surface area contributed by atoms with Gasteiger partial charge in [-0.1, -0.05) is 121 Å². The highest BCUT2D eigenvalue weighted by atomic mass is 32.1. The van der Waals surface area contributed by atoms with Crippen molar-refractivity contribution in [1.29, 1.82) is 0 Å². The number of furan rings is 1. The Hall–Kier alpha value is -7.40. The first-order valence-corrected chi connectivity index (χ1v) is 20.6. The minimum absolute atomic E-state index is 0.912. The van der Waals surface area contributed by atoms with E-state index in [9.17, 15) is 0 Å². The molecule has 0 fully saturated rings. The maximum atomic E-state index is 6.14. The topological polar surface area (TPSA) is 23.0 Å². The lowest BCUT2D eigenvalue weighted by Crippen LogP contribution is -1.98. The molecule has 0 saturated carbocycles. The molecule has 0 bridgehead atoms. The molecule has 0 amide bonds. The van der Waals surface area contributed by atoms with Gasteiger partial charge in [0.05, 0.1) is 22.1 Å². The molecule has 58 heavy (non-hydrogen) atoms. The summed E-state index contributed by atoms with van der Waals surface area (Å²) in [7, 11) is 0. The van der Waals surface area contributed by atoms with Crippen molar-refractivity contribution in [1.82, 2.24) is 9.13 Å². The first-order valence-electron chi connectivity index (χ1n) is 19.7. The lowest BCUT2D eigenvalue weighted by Gasteiger charge is -2.14. The predicted octanol–water partition coefficient (Wildman–Crippen LogP) is 15.5. The first-order chi connectivity index (χ1) is 28.7. The SMILES string of the molecule is c1ccc2c(c1)oc1ccc(-c3ccc(-n4c5ccccc5c5ccc6c7ccccc7n(-c7ccc(-c8ccc9sc%10ccccc%10c9c8)cc7)c6c54)cc3)cc12. The summed E-state index contributed by atoms with van der Waals surface area (Å²) < 4.78 is 13.7. The Morgan fingerprint density at radius 1 is 0.310 bits per heavy atom. The number of hydrogen-bond donors (Lipinski definition) is 0. The van der Waals surface area contributed by atoms with Crippen LogP contribution < -0.4 is 0 Å². The molecule has 0 N–H and O–H groups in total. The van der Waals surface area contributed by atoms with E-state index < -0.39 is 0 Å². The molecule has 0 atom stereocenters. The van der Waals surface area contributed by atoms with E-state index in [4.69, 9.17) is 4.42 Å². The van der Waals surface area contributed by atoms with Crippen LogP contribution in [0.2, 0.25) is 0 Å². The highest BCUT2D eigenvalue weighted by Gasteiger charge is 2.21. The van der Waals surface area contributed by atoms with E-state index in [1.807, 2.05) is 23.5 Å². The van der Waals surface area contributed by atoms with Crippen LogP contribution in [0, 0.1) is 0 Å². The number of thiophene rings is 1. The molecule has 0 saturated heterocycles. The molecule has 0 aliphatic rings. The molecular formula is C54H32N2OS. The van der Waals surface area contributed by atoms with Crippen molar-refractivity contribution in [2.24, 2.45) is 0 Å². The number of aromatic nitrogens is 2. The lowest BCUT2D eigenvalue weighted by molar-refractivity contribution is 0.669. The van der Waals surface area contributed by atoms with Crippen molar-refractivity contribution in [3.63, 3.8) is 0 Å². The van der Waals surface area contributed by atoms with Gasteiger partial charge in [0, 0.05) is 63.9 Å². The zero-order valence-electron chi connectivity index (χ0n) is 31.2. The molecule has 0 radical (unpaired) electrons. The maximum absolute atomic E-state index is 6.14. The van der Waals surface area contributed by atoms with Crippen LogP contribution in [0.25, 0.3) is 119 Å². The van der Waals surface area contributed by atoms with Crippen molar-refractivity contribution >= 4 is 97.1 Å². The average molecular weight is 757 g/mol. The second-order valence-corrected chi connectivity index (χ2v) is 16.4. The van der Waals surface area contributed by atoms with Crippen molar-refractivity contribution in [3.8, 4) is 33.6 Å². The summed E-state index contributed by atoms with van der Waals surface area (Å²) in [5.41, 5.74) is 13.7. The van der Waals surface area contributed by atoms with Crippen LogP contribution in [-0.2, 0) is 0 Å². The molecule has 270 valence electrons. The number of rotatable bonds is 4. The van der Waals surface area contributed by atoms with Gasteiger partial charge in [0.1, 0.15) is 11.2 Å². The molecule has 4 aromatic heterocycles. The Kier molecular flexibility index (Phi) is 6.60. The number of fused-ring (bicyclic) bond motifs is 13. The summed E-state index contributed by atoms with van der Waals surface area (Å²) >= 11 is 1.86. The number of para-hydroxylation sites is 3. The number of nitrogens with zero attached hydrogens (tertiary/aromatic N) is 2. The van der Waals surface area contributed by atoms with Crippen molar-refractivity contribution in [2.45, 2.75) is 0 Å². The second kappa shape index (κ2) is 12.1. The quantitative estimate of drug-likeness (QED) is 0.175. The second-order valence-electron chi connectivity index (χ2n) is 15.3. The molecule has 0 unspecified atom stereocenters. The molecule has 4 heterocycles. The highest BCUT2D eigenvalue weighted by molar-refractivity contribution is 7.25. The zero-order chi connectivity index (χ0) is 37.9. The Morgan fingerprint density at radius 2 is 0.776 bits per heavy atom. The Labute approximate surface area is 336 Å². The minimum atomic E-state index is 0.912. The number of hydrogen-bond acceptors (Lipinski definition) is 2. The third kappa shape index (κ3) is 4.55. The molecule has 13 aromatic rings. The molecular weight excluding hydrogens is 725 g/mol. The van der Waals surface area contributed by atoms with E-state index >= 15 is 0 Å². The van der Waals surface area contributed by atoms with Gasteiger partial charge in [-0.3, -0.25) is 0 Å². The van der Waals surface area contributed by atoms with Gasteiger partial charge in [-0.25, -0.2) is 0 Å². The van der Waals surface area contributed by atoms with E-state index in [0.29, 0.717) is 0 Å². The minimum Gasteiger partial charge on any atom is -0.456 e. The van der Waals surface area contributed by atoms with E-state index in [0.717, 1.165) is 33.3 Å². The molecule has 3 nitrogen and oxygen atoms in total.